The van der Waals surface area contributed by atoms with Crippen molar-refractivity contribution in [3.8, 4) is 0 Å². The number of hydrogen-bond acceptors (Lipinski definition) is 4. The van der Waals surface area contributed by atoms with Crippen LogP contribution in [-0.4, -0.2) is 37.9 Å². The normalized spacial score (nSPS) is 11.0. The molecular formula is C23H41N2O3PS. The maximum Gasteiger partial charge on any atom is 0.182 e. The number of para-hydroxylation sites is 2. The third-order valence-corrected chi connectivity index (χ3v) is 7.08. The minimum atomic E-state index is -3.22. The number of benzene rings is 2. The van der Waals surface area contributed by atoms with E-state index in [1.54, 1.807) is 32.0 Å². The summed E-state index contributed by atoms with van der Waals surface area (Å²) in [7, 11) is -2.35. The molecule has 0 saturated carbocycles. The predicted molar refractivity (Wildman–Crippen MR) is 137 cm³/mol. The fraction of sp³-hybridized carbons (Fsp3) is 0.478. The van der Waals surface area contributed by atoms with E-state index in [4.69, 9.17) is 0 Å². The molecule has 1 unspecified atom stereocenters. The van der Waals surface area contributed by atoms with Gasteiger partial charge >= 0.3 is 0 Å². The average Bonchev–Trinajstić information content (AvgIpc) is 2.62. The topological polar surface area (TPSA) is 89.7 Å². The molecular weight excluding hydrogens is 415 g/mol. The first-order valence-electron chi connectivity index (χ1n) is 9.72. The molecule has 0 aliphatic heterocycles. The second kappa shape index (κ2) is 14.4. The molecule has 2 aromatic rings. The van der Waals surface area contributed by atoms with Gasteiger partial charge < -0.3 is 16.1 Å². The molecule has 0 aliphatic rings. The molecule has 0 aromatic heterocycles. The van der Waals surface area contributed by atoms with Gasteiger partial charge in [0.05, 0.1) is 15.8 Å². The van der Waals surface area contributed by atoms with Crippen LogP contribution in [0.15, 0.2) is 53.4 Å². The van der Waals surface area contributed by atoms with Gasteiger partial charge in [0.15, 0.2) is 9.84 Å². The van der Waals surface area contributed by atoms with E-state index < -0.39 is 15.1 Å². The molecule has 172 valence electrons. The molecule has 0 bridgehead atoms. The summed E-state index contributed by atoms with van der Waals surface area (Å²) in [5.74, 6) is 0. The van der Waals surface area contributed by atoms with Crippen LogP contribution in [-0.2, 0) is 9.84 Å². The summed E-state index contributed by atoms with van der Waals surface area (Å²) in [5.41, 5.74) is 1.97. The Morgan fingerprint density at radius 1 is 0.767 bits per heavy atom. The van der Waals surface area contributed by atoms with Crippen LogP contribution in [0, 0.1) is 0 Å². The molecule has 5 nitrogen and oxygen atoms in total. The standard InChI is InChI=1S/C12H19NO2S.C10H16NP.CH4.H2O/c1-9(2)13-11-7-5-6-8-12(11)16(14,15)10(3)4;1-8(2)11-9-6-4-5-7-10(9)12-3;;/h5-10,13H,1-4H3;4-8,11-12H,1-3H3;1H4;1H2. The summed E-state index contributed by atoms with van der Waals surface area (Å²) in [6, 6.07) is 16.3. The van der Waals surface area contributed by atoms with Crippen LogP contribution in [0.2, 0.25) is 0 Å². The summed E-state index contributed by atoms with van der Waals surface area (Å²) in [6.07, 6.45) is 0. The molecule has 7 heteroatoms. The van der Waals surface area contributed by atoms with E-state index >= 15 is 0 Å². The Morgan fingerprint density at radius 2 is 1.20 bits per heavy atom. The molecule has 2 rings (SSSR count). The van der Waals surface area contributed by atoms with Gasteiger partial charge in [-0.2, -0.15) is 0 Å². The number of hydrogen-bond donors (Lipinski definition) is 2. The van der Waals surface area contributed by atoms with E-state index in [-0.39, 0.29) is 18.9 Å². The number of sulfone groups is 1. The SMILES string of the molecule is C.CC(C)Nc1ccccc1S(=O)(=O)C(C)C.CPc1ccccc1NC(C)C.O. The van der Waals surface area contributed by atoms with Crippen molar-refractivity contribution in [2.24, 2.45) is 0 Å². The second-order valence-electron chi connectivity index (χ2n) is 7.48. The van der Waals surface area contributed by atoms with E-state index in [1.807, 2.05) is 19.9 Å². The van der Waals surface area contributed by atoms with Gasteiger partial charge in [0.2, 0.25) is 0 Å². The van der Waals surface area contributed by atoms with Crippen molar-refractivity contribution < 1.29 is 13.9 Å². The highest BCUT2D eigenvalue weighted by Crippen LogP contribution is 2.25. The van der Waals surface area contributed by atoms with Gasteiger partial charge in [-0.1, -0.05) is 46.3 Å². The molecule has 1 atom stereocenters. The van der Waals surface area contributed by atoms with Crippen molar-refractivity contribution in [1.29, 1.82) is 0 Å². The number of rotatable bonds is 7. The molecule has 0 spiro atoms. The Balaban J connectivity index is 0. The lowest BCUT2D eigenvalue weighted by atomic mass is 10.3. The summed E-state index contributed by atoms with van der Waals surface area (Å²) >= 11 is 0. The molecule has 30 heavy (non-hydrogen) atoms. The third-order valence-electron chi connectivity index (χ3n) is 3.90. The van der Waals surface area contributed by atoms with E-state index in [9.17, 15) is 8.42 Å². The third kappa shape index (κ3) is 9.46. The van der Waals surface area contributed by atoms with Crippen molar-refractivity contribution >= 4 is 35.1 Å². The maximum absolute atomic E-state index is 12.1. The zero-order valence-corrected chi connectivity index (χ0v) is 20.4. The number of anilines is 2. The van der Waals surface area contributed by atoms with Crippen LogP contribution in [0.3, 0.4) is 0 Å². The molecule has 2 aromatic carbocycles. The first-order chi connectivity index (χ1) is 13.1. The van der Waals surface area contributed by atoms with Crippen molar-refractivity contribution in [2.45, 2.75) is 71.2 Å². The fourth-order valence-corrected chi connectivity index (χ4v) is 4.43. The smallest absolute Gasteiger partial charge is 0.182 e. The maximum atomic E-state index is 12.1. The second-order valence-corrected chi connectivity index (χ2v) is 11.0. The van der Waals surface area contributed by atoms with Crippen LogP contribution in [0.25, 0.3) is 0 Å². The first-order valence-corrected chi connectivity index (χ1v) is 12.8. The molecule has 0 amide bonds. The minimum absolute atomic E-state index is 0. The van der Waals surface area contributed by atoms with E-state index in [1.165, 1.54) is 11.0 Å². The zero-order chi connectivity index (χ0) is 21.3. The van der Waals surface area contributed by atoms with Crippen LogP contribution in [0.5, 0.6) is 0 Å². The van der Waals surface area contributed by atoms with E-state index in [2.05, 4.69) is 55.4 Å². The summed E-state index contributed by atoms with van der Waals surface area (Å²) in [4.78, 5) is 0.388. The van der Waals surface area contributed by atoms with Crippen LogP contribution >= 0.6 is 8.58 Å². The van der Waals surface area contributed by atoms with Gasteiger partial charge in [-0.05, 0) is 71.7 Å². The van der Waals surface area contributed by atoms with Gasteiger partial charge in [0.25, 0.3) is 0 Å². The van der Waals surface area contributed by atoms with Crippen LogP contribution < -0.4 is 15.9 Å². The Hall–Kier alpha value is -1.62. The Bertz CT molecular complexity index is 838. The Morgan fingerprint density at radius 3 is 1.67 bits per heavy atom. The van der Waals surface area contributed by atoms with Crippen molar-refractivity contribution in [1.82, 2.24) is 0 Å². The summed E-state index contributed by atoms with van der Waals surface area (Å²) < 4.78 is 24.2. The highest BCUT2D eigenvalue weighted by atomic mass is 32.2. The van der Waals surface area contributed by atoms with Gasteiger partial charge in [-0.25, -0.2) is 8.42 Å². The lowest BCUT2D eigenvalue weighted by Gasteiger charge is -2.16. The molecule has 0 saturated heterocycles. The molecule has 0 aliphatic carbocycles. The molecule has 0 heterocycles. The van der Waals surface area contributed by atoms with Gasteiger partial charge in [-0.3, -0.25) is 0 Å². The van der Waals surface area contributed by atoms with Gasteiger partial charge in [0.1, 0.15) is 0 Å². The highest BCUT2D eigenvalue weighted by Gasteiger charge is 2.22. The minimum Gasteiger partial charge on any atom is -0.412 e. The van der Waals surface area contributed by atoms with E-state index in [0.717, 1.165) is 8.58 Å². The average molecular weight is 457 g/mol. The van der Waals surface area contributed by atoms with Crippen molar-refractivity contribution in [3.05, 3.63) is 48.5 Å². The van der Waals surface area contributed by atoms with E-state index in [0.29, 0.717) is 16.6 Å². The molecule has 0 radical (unpaired) electrons. The Labute approximate surface area is 186 Å². The lowest BCUT2D eigenvalue weighted by Crippen LogP contribution is -2.18. The van der Waals surface area contributed by atoms with Crippen molar-refractivity contribution in [3.63, 3.8) is 0 Å². The van der Waals surface area contributed by atoms with Crippen LogP contribution in [0.1, 0.15) is 49.0 Å². The van der Waals surface area contributed by atoms with Crippen molar-refractivity contribution in [2.75, 3.05) is 17.3 Å². The fourth-order valence-electron chi connectivity index (χ4n) is 2.54. The zero-order valence-electron chi connectivity index (χ0n) is 18.6. The van der Waals surface area contributed by atoms with Gasteiger partial charge in [0, 0.05) is 17.8 Å². The number of nitrogens with one attached hydrogen (secondary N) is 2. The monoisotopic (exact) mass is 456 g/mol. The molecule has 4 N–H and O–H groups in total. The molecule has 0 fully saturated rings. The Kier molecular flexibility index (Phi) is 14.7. The first kappa shape index (κ1) is 30.6. The predicted octanol–water partition coefficient (Wildman–Crippen LogP) is 4.94. The summed E-state index contributed by atoms with van der Waals surface area (Å²) in [5, 5.41) is 7.61. The quantitative estimate of drug-likeness (QED) is 0.578. The lowest BCUT2D eigenvalue weighted by molar-refractivity contribution is 0.587. The largest absolute Gasteiger partial charge is 0.412 e. The summed E-state index contributed by atoms with van der Waals surface area (Å²) in [6.45, 7) is 13.9. The van der Waals surface area contributed by atoms with Crippen LogP contribution in [0.4, 0.5) is 11.4 Å². The van der Waals surface area contributed by atoms with Gasteiger partial charge in [-0.15, -0.1) is 0 Å². The highest BCUT2D eigenvalue weighted by molar-refractivity contribution is 7.92.